The van der Waals surface area contributed by atoms with E-state index in [1.54, 1.807) is 7.05 Å². The molecule has 0 bridgehead atoms. The highest BCUT2D eigenvalue weighted by atomic mass is 19.3. The molecule has 0 aliphatic heterocycles. The molecule has 1 aromatic carbocycles. The third kappa shape index (κ3) is 2.36. The Kier molecular flexibility index (Phi) is 3.91. The molecule has 1 aromatic heterocycles. The first-order valence-corrected chi connectivity index (χ1v) is 6.07. The third-order valence-electron chi connectivity index (χ3n) is 3.13. The lowest BCUT2D eigenvalue weighted by Crippen LogP contribution is -2.35. The first-order valence-electron chi connectivity index (χ1n) is 6.07. The molecule has 0 spiro atoms. The zero-order chi connectivity index (χ0) is 13.1. The molecule has 3 nitrogen and oxygen atoms in total. The Morgan fingerprint density at radius 3 is 2.67 bits per heavy atom. The number of halogens is 2. The number of fused-ring (bicyclic) bond motifs is 1. The Balaban J connectivity index is 2.38. The van der Waals surface area contributed by atoms with E-state index < -0.39 is 12.5 Å². The van der Waals surface area contributed by atoms with Gasteiger partial charge in [-0.05, 0) is 26.1 Å². The summed E-state index contributed by atoms with van der Waals surface area (Å²) in [5.41, 5.74) is 1.86. The van der Waals surface area contributed by atoms with Gasteiger partial charge < -0.3 is 9.88 Å². The summed E-state index contributed by atoms with van der Waals surface area (Å²) in [6.07, 6.45) is -2.16. The molecule has 5 heteroatoms. The lowest BCUT2D eigenvalue weighted by molar-refractivity contribution is 0.101. The molecule has 0 radical (unpaired) electrons. The van der Waals surface area contributed by atoms with Crippen LogP contribution in [0.3, 0.4) is 0 Å². The number of benzene rings is 1. The molecule has 2 aromatic rings. The smallest absolute Gasteiger partial charge is 0.254 e. The number of para-hydroxylation sites is 2. The van der Waals surface area contributed by atoms with Crippen molar-refractivity contribution in [2.45, 2.75) is 32.4 Å². The molecular weight excluding hydrogens is 236 g/mol. The lowest BCUT2D eigenvalue weighted by Gasteiger charge is -2.15. The van der Waals surface area contributed by atoms with Gasteiger partial charge in [0.05, 0.1) is 17.1 Å². The van der Waals surface area contributed by atoms with E-state index in [1.807, 2.05) is 35.8 Å². The summed E-state index contributed by atoms with van der Waals surface area (Å²) in [4.78, 5) is 4.44. The highest BCUT2D eigenvalue weighted by Crippen LogP contribution is 2.18. The van der Waals surface area contributed by atoms with E-state index in [9.17, 15) is 8.78 Å². The Hall–Kier alpha value is -1.49. The van der Waals surface area contributed by atoms with Crippen molar-refractivity contribution in [3.63, 3.8) is 0 Å². The van der Waals surface area contributed by atoms with Crippen molar-refractivity contribution < 1.29 is 8.78 Å². The summed E-state index contributed by atoms with van der Waals surface area (Å²) >= 11 is 0. The van der Waals surface area contributed by atoms with Crippen LogP contribution in [0.25, 0.3) is 11.0 Å². The maximum atomic E-state index is 12.8. The number of likely N-dealkylation sites (N-methyl/N-ethyl adjacent to an activating group) is 1. The minimum Gasteiger partial charge on any atom is -0.328 e. The van der Waals surface area contributed by atoms with Crippen LogP contribution in [0.5, 0.6) is 0 Å². The lowest BCUT2D eigenvalue weighted by atomic mass is 10.2. The van der Waals surface area contributed by atoms with Crippen LogP contribution in [0.1, 0.15) is 12.7 Å². The number of rotatable bonds is 5. The Morgan fingerprint density at radius 1 is 1.33 bits per heavy atom. The average Bonchev–Trinajstić information content (AvgIpc) is 2.72. The molecule has 0 aliphatic carbocycles. The van der Waals surface area contributed by atoms with Crippen LogP contribution in [0.2, 0.25) is 0 Å². The molecule has 0 fully saturated rings. The van der Waals surface area contributed by atoms with Crippen LogP contribution >= 0.6 is 0 Å². The number of hydrogen-bond acceptors (Lipinski definition) is 2. The van der Waals surface area contributed by atoms with Crippen LogP contribution in [0.4, 0.5) is 8.78 Å². The van der Waals surface area contributed by atoms with Crippen molar-refractivity contribution in [3.8, 4) is 0 Å². The molecule has 1 N–H and O–H groups in total. The molecule has 18 heavy (non-hydrogen) atoms. The fraction of sp³-hybridized carbons (Fsp3) is 0.462. The monoisotopic (exact) mass is 253 g/mol. The number of alkyl halides is 2. The van der Waals surface area contributed by atoms with Gasteiger partial charge >= 0.3 is 0 Å². The summed E-state index contributed by atoms with van der Waals surface area (Å²) in [5.74, 6) is 0.707. The van der Waals surface area contributed by atoms with Gasteiger partial charge in [-0.2, -0.15) is 0 Å². The first-order chi connectivity index (χ1) is 8.67. The number of nitrogens with zero attached hydrogens (tertiary/aromatic N) is 2. The Labute approximate surface area is 105 Å². The second-order valence-corrected chi connectivity index (χ2v) is 4.19. The maximum absolute atomic E-state index is 12.8. The zero-order valence-corrected chi connectivity index (χ0v) is 10.5. The molecule has 1 atom stereocenters. The maximum Gasteiger partial charge on any atom is 0.254 e. The largest absolute Gasteiger partial charge is 0.328 e. The van der Waals surface area contributed by atoms with E-state index in [2.05, 4.69) is 10.3 Å². The van der Waals surface area contributed by atoms with Gasteiger partial charge in [-0.1, -0.05) is 12.1 Å². The minimum atomic E-state index is -2.39. The molecule has 2 rings (SSSR count). The van der Waals surface area contributed by atoms with Crippen LogP contribution in [0.15, 0.2) is 24.3 Å². The van der Waals surface area contributed by atoms with Gasteiger partial charge in [0.1, 0.15) is 5.82 Å². The van der Waals surface area contributed by atoms with Crippen molar-refractivity contribution >= 4 is 11.0 Å². The fourth-order valence-corrected chi connectivity index (χ4v) is 2.15. The van der Waals surface area contributed by atoms with E-state index in [0.29, 0.717) is 5.82 Å². The van der Waals surface area contributed by atoms with Crippen molar-refractivity contribution in [2.24, 2.45) is 0 Å². The highest BCUT2D eigenvalue weighted by molar-refractivity contribution is 5.75. The molecule has 98 valence electrons. The molecule has 0 aliphatic rings. The quantitative estimate of drug-likeness (QED) is 0.887. The van der Waals surface area contributed by atoms with Gasteiger partial charge in [-0.25, -0.2) is 13.8 Å². The summed E-state index contributed by atoms with van der Waals surface area (Å²) in [7, 11) is 1.55. The van der Waals surface area contributed by atoms with Crippen molar-refractivity contribution in [1.29, 1.82) is 0 Å². The van der Waals surface area contributed by atoms with Gasteiger partial charge in [0, 0.05) is 13.0 Å². The summed E-state index contributed by atoms with van der Waals surface area (Å²) in [6.45, 7) is 2.73. The third-order valence-corrected chi connectivity index (χ3v) is 3.13. The minimum absolute atomic E-state index is 0.233. The topological polar surface area (TPSA) is 29.9 Å². The second kappa shape index (κ2) is 5.44. The Bertz CT molecular complexity index is 522. The molecule has 0 saturated carbocycles. The SMILES string of the molecule is CCn1c(CC(NC)C(F)F)nc2ccccc21. The van der Waals surface area contributed by atoms with Crippen molar-refractivity contribution in [1.82, 2.24) is 14.9 Å². The number of aryl methyl sites for hydroxylation is 1. The van der Waals surface area contributed by atoms with Gasteiger partial charge in [0.25, 0.3) is 6.43 Å². The second-order valence-electron chi connectivity index (χ2n) is 4.19. The van der Waals surface area contributed by atoms with Crippen molar-refractivity contribution in [3.05, 3.63) is 30.1 Å². The predicted molar refractivity (Wildman–Crippen MR) is 68.0 cm³/mol. The van der Waals surface area contributed by atoms with Crippen LogP contribution in [-0.2, 0) is 13.0 Å². The van der Waals surface area contributed by atoms with Gasteiger partial charge in [-0.3, -0.25) is 0 Å². The predicted octanol–water partition coefficient (Wildman–Crippen LogP) is 2.45. The van der Waals surface area contributed by atoms with E-state index in [-0.39, 0.29) is 6.42 Å². The number of imidazole rings is 1. The van der Waals surface area contributed by atoms with E-state index in [4.69, 9.17) is 0 Å². The Morgan fingerprint density at radius 2 is 2.06 bits per heavy atom. The normalized spacial score (nSPS) is 13.4. The number of aromatic nitrogens is 2. The standard InChI is InChI=1S/C13H17F2N3/c1-3-18-11-7-5-4-6-9(11)17-12(18)8-10(16-2)13(14)15/h4-7,10,13,16H,3,8H2,1-2H3. The molecule has 0 saturated heterocycles. The van der Waals surface area contributed by atoms with E-state index >= 15 is 0 Å². The highest BCUT2D eigenvalue weighted by Gasteiger charge is 2.21. The van der Waals surface area contributed by atoms with Crippen molar-refractivity contribution in [2.75, 3.05) is 7.05 Å². The van der Waals surface area contributed by atoms with Crippen LogP contribution < -0.4 is 5.32 Å². The van der Waals surface area contributed by atoms with Gasteiger partial charge in [0.15, 0.2) is 0 Å². The fourth-order valence-electron chi connectivity index (χ4n) is 2.15. The number of nitrogens with one attached hydrogen (secondary N) is 1. The van der Waals surface area contributed by atoms with E-state index in [0.717, 1.165) is 17.6 Å². The van der Waals surface area contributed by atoms with Crippen LogP contribution in [0, 0.1) is 0 Å². The average molecular weight is 253 g/mol. The summed E-state index contributed by atoms with van der Waals surface area (Å²) in [5, 5.41) is 2.64. The van der Waals surface area contributed by atoms with Gasteiger partial charge in [-0.15, -0.1) is 0 Å². The molecular formula is C13H17F2N3. The molecule has 1 heterocycles. The molecule has 0 amide bonds. The van der Waals surface area contributed by atoms with E-state index in [1.165, 1.54) is 0 Å². The first kappa shape index (κ1) is 13.0. The van der Waals surface area contributed by atoms with Gasteiger partial charge in [0.2, 0.25) is 0 Å². The zero-order valence-electron chi connectivity index (χ0n) is 10.5. The van der Waals surface area contributed by atoms with Crippen LogP contribution in [-0.4, -0.2) is 29.1 Å². The number of hydrogen-bond donors (Lipinski definition) is 1. The molecule has 1 unspecified atom stereocenters. The summed E-state index contributed by atoms with van der Waals surface area (Å²) in [6, 6.07) is 6.85. The summed E-state index contributed by atoms with van der Waals surface area (Å²) < 4.78 is 27.5.